The largest absolute Gasteiger partial charge is 0.496 e. The number of hydrogen-bond acceptors (Lipinski definition) is 5. The summed E-state index contributed by atoms with van der Waals surface area (Å²) in [5.41, 5.74) is 2.40. The lowest BCUT2D eigenvalue weighted by Crippen LogP contribution is -2.37. The lowest BCUT2D eigenvalue weighted by atomic mass is 10.0. The molecule has 2 aliphatic heterocycles. The Balaban J connectivity index is 1.46. The van der Waals surface area contributed by atoms with Crippen LogP contribution in [0.25, 0.3) is 0 Å². The van der Waals surface area contributed by atoms with E-state index in [0.717, 1.165) is 67.5 Å². The normalized spacial score (nSPS) is 21.6. The van der Waals surface area contributed by atoms with E-state index in [4.69, 9.17) is 9.47 Å². The highest BCUT2D eigenvalue weighted by Crippen LogP contribution is 2.35. The summed E-state index contributed by atoms with van der Waals surface area (Å²) in [4.78, 5) is 0. The van der Waals surface area contributed by atoms with E-state index in [1.54, 1.807) is 7.11 Å². The van der Waals surface area contributed by atoms with Crippen LogP contribution in [-0.4, -0.2) is 34.0 Å². The van der Waals surface area contributed by atoms with Gasteiger partial charge in [-0.25, -0.2) is 0 Å². The molecule has 0 saturated carbocycles. The molecule has 0 saturated heterocycles. The van der Waals surface area contributed by atoms with Crippen molar-refractivity contribution in [1.29, 1.82) is 0 Å². The first-order chi connectivity index (χ1) is 12.2. The van der Waals surface area contributed by atoms with Crippen LogP contribution in [0.3, 0.4) is 0 Å². The van der Waals surface area contributed by atoms with Crippen molar-refractivity contribution in [1.82, 2.24) is 20.1 Å². The second-order valence-electron chi connectivity index (χ2n) is 7.02. The van der Waals surface area contributed by atoms with Gasteiger partial charge in [0.25, 0.3) is 0 Å². The molecule has 1 N–H and O–H groups in total. The fraction of sp³-hybridized carbons (Fsp3) is 0.579. The summed E-state index contributed by atoms with van der Waals surface area (Å²) in [5.74, 6) is 4.15. The average Bonchev–Trinajstić information content (AvgIpc) is 3.19. The van der Waals surface area contributed by atoms with Crippen LogP contribution in [0, 0.1) is 0 Å². The van der Waals surface area contributed by atoms with Gasteiger partial charge in [-0.3, -0.25) is 0 Å². The molecule has 0 aliphatic carbocycles. The van der Waals surface area contributed by atoms with Gasteiger partial charge in [0.15, 0.2) is 0 Å². The standard InChI is InChI=1S/C19H26N4O2/c1-4-18-21-22-19-6-5-15(11-23(18)19)20-10-14-9-17-13(7-12(2)25-17)8-16(14)24-3/h8-9,12,15,20H,4-7,10-11H2,1-3H3/t12-,15-/m1/s1. The molecule has 0 spiro atoms. The van der Waals surface area contributed by atoms with E-state index in [9.17, 15) is 0 Å². The van der Waals surface area contributed by atoms with E-state index in [2.05, 4.69) is 46.1 Å². The minimum Gasteiger partial charge on any atom is -0.496 e. The molecule has 3 heterocycles. The minimum absolute atomic E-state index is 0.251. The van der Waals surface area contributed by atoms with Crippen LogP contribution >= 0.6 is 0 Å². The van der Waals surface area contributed by atoms with Crippen LogP contribution < -0.4 is 14.8 Å². The van der Waals surface area contributed by atoms with Crippen LogP contribution in [0.15, 0.2) is 12.1 Å². The second-order valence-corrected chi connectivity index (χ2v) is 7.02. The second kappa shape index (κ2) is 6.67. The zero-order valence-corrected chi connectivity index (χ0v) is 15.2. The van der Waals surface area contributed by atoms with Crippen molar-refractivity contribution in [2.75, 3.05) is 7.11 Å². The Kier molecular flexibility index (Phi) is 4.37. The van der Waals surface area contributed by atoms with Gasteiger partial charge < -0.3 is 19.4 Å². The summed E-state index contributed by atoms with van der Waals surface area (Å²) in [5, 5.41) is 12.3. The smallest absolute Gasteiger partial charge is 0.133 e. The molecular formula is C19H26N4O2. The molecule has 6 nitrogen and oxygen atoms in total. The predicted octanol–water partition coefficient (Wildman–Crippen LogP) is 2.28. The fourth-order valence-electron chi connectivity index (χ4n) is 3.88. The van der Waals surface area contributed by atoms with E-state index in [1.807, 2.05) is 0 Å². The number of ether oxygens (including phenoxy) is 2. The Morgan fingerprint density at radius 1 is 1.36 bits per heavy atom. The van der Waals surface area contributed by atoms with Crippen molar-refractivity contribution in [2.24, 2.45) is 0 Å². The van der Waals surface area contributed by atoms with Crippen molar-refractivity contribution in [3.8, 4) is 11.5 Å². The van der Waals surface area contributed by atoms with Crippen molar-refractivity contribution >= 4 is 0 Å². The molecule has 4 rings (SSSR count). The number of fused-ring (bicyclic) bond motifs is 2. The molecule has 2 atom stereocenters. The maximum Gasteiger partial charge on any atom is 0.133 e. The molecule has 2 aromatic rings. The summed E-state index contributed by atoms with van der Waals surface area (Å²) in [7, 11) is 1.74. The third-order valence-corrected chi connectivity index (χ3v) is 5.22. The molecule has 0 bridgehead atoms. The maximum absolute atomic E-state index is 5.90. The third-order valence-electron chi connectivity index (χ3n) is 5.22. The first kappa shape index (κ1) is 16.4. The summed E-state index contributed by atoms with van der Waals surface area (Å²) in [6, 6.07) is 4.69. The molecule has 25 heavy (non-hydrogen) atoms. The first-order valence-corrected chi connectivity index (χ1v) is 9.18. The van der Waals surface area contributed by atoms with Gasteiger partial charge in [-0.05, 0) is 25.5 Å². The van der Waals surface area contributed by atoms with E-state index in [-0.39, 0.29) is 6.10 Å². The fourth-order valence-corrected chi connectivity index (χ4v) is 3.88. The number of aromatic nitrogens is 3. The van der Waals surface area contributed by atoms with Crippen molar-refractivity contribution < 1.29 is 9.47 Å². The number of aryl methyl sites for hydroxylation is 2. The van der Waals surface area contributed by atoms with Gasteiger partial charge in [0.2, 0.25) is 0 Å². The number of benzene rings is 1. The molecular weight excluding hydrogens is 316 g/mol. The number of nitrogens with one attached hydrogen (secondary N) is 1. The quantitative estimate of drug-likeness (QED) is 0.903. The molecule has 134 valence electrons. The van der Waals surface area contributed by atoms with Crippen LogP contribution in [0.1, 0.15) is 43.0 Å². The van der Waals surface area contributed by atoms with E-state index in [1.165, 1.54) is 5.56 Å². The van der Waals surface area contributed by atoms with Gasteiger partial charge in [0.1, 0.15) is 29.3 Å². The molecule has 0 radical (unpaired) electrons. The van der Waals surface area contributed by atoms with Gasteiger partial charge in [-0.2, -0.15) is 0 Å². The molecule has 1 aromatic heterocycles. The van der Waals surface area contributed by atoms with Crippen LogP contribution in [0.5, 0.6) is 11.5 Å². The number of nitrogens with zero attached hydrogens (tertiary/aromatic N) is 3. The third kappa shape index (κ3) is 3.11. The van der Waals surface area contributed by atoms with Crippen LogP contribution in [0.4, 0.5) is 0 Å². The van der Waals surface area contributed by atoms with E-state index >= 15 is 0 Å². The Morgan fingerprint density at radius 3 is 3.04 bits per heavy atom. The lowest BCUT2D eigenvalue weighted by Gasteiger charge is -2.25. The summed E-state index contributed by atoms with van der Waals surface area (Å²) < 4.78 is 13.8. The van der Waals surface area contributed by atoms with Gasteiger partial charge in [-0.1, -0.05) is 6.92 Å². The lowest BCUT2D eigenvalue weighted by molar-refractivity contribution is 0.254. The maximum atomic E-state index is 5.90. The van der Waals surface area contributed by atoms with Crippen molar-refractivity contribution in [3.05, 3.63) is 34.9 Å². The van der Waals surface area contributed by atoms with Gasteiger partial charge in [-0.15, -0.1) is 10.2 Å². The molecule has 0 amide bonds. The Bertz CT molecular complexity index is 758. The molecule has 1 aromatic carbocycles. The number of methoxy groups -OCH3 is 1. The van der Waals surface area contributed by atoms with E-state index < -0.39 is 0 Å². The molecule has 2 aliphatic rings. The van der Waals surface area contributed by atoms with E-state index in [0.29, 0.717) is 6.04 Å². The summed E-state index contributed by atoms with van der Waals surface area (Å²) >= 11 is 0. The monoisotopic (exact) mass is 342 g/mol. The van der Waals surface area contributed by atoms with Crippen molar-refractivity contribution in [3.63, 3.8) is 0 Å². The van der Waals surface area contributed by atoms with Crippen LogP contribution in [0.2, 0.25) is 0 Å². The molecule has 0 fully saturated rings. The highest BCUT2D eigenvalue weighted by atomic mass is 16.5. The van der Waals surface area contributed by atoms with Crippen molar-refractivity contribution in [2.45, 2.75) is 64.8 Å². The molecule has 0 unspecified atom stereocenters. The van der Waals surface area contributed by atoms with Gasteiger partial charge in [0, 0.05) is 49.5 Å². The number of rotatable bonds is 5. The Morgan fingerprint density at radius 2 is 2.24 bits per heavy atom. The molecule has 6 heteroatoms. The first-order valence-electron chi connectivity index (χ1n) is 9.18. The average molecular weight is 342 g/mol. The van der Waals surface area contributed by atoms with Gasteiger partial charge in [0.05, 0.1) is 7.11 Å². The SMILES string of the molecule is CCc1nnc2n1C[C@H](NCc1cc3c(cc1OC)C[C@@H](C)O3)CC2. The van der Waals surface area contributed by atoms with Gasteiger partial charge >= 0.3 is 0 Å². The zero-order chi connectivity index (χ0) is 17.4. The number of hydrogen-bond donors (Lipinski definition) is 1. The minimum atomic E-state index is 0.251. The Labute approximate surface area is 148 Å². The Hall–Kier alpha value is -2.08. The summed E-state index contributed by atoms with van der Waals surface area (Å²) in [6.45, 7) is 5.95. The zero-order valence-electron chi connectivity index (χ0n) is 15.2. The van der Waals surface area contributed by atoms with Crippen LogP contribution in [-0.2, 0) is 32.4 Å². The summed E-state index contributed by atoms with van der Waals surface area (Å²) in [6.07, 6.45) is 4.20. The highest BCUT2D eigenvalue weighted by molar-refractivity contribution is 5.48. The highest BCUT2D eigenvalue weighted by Gasteiger charge is 2.24. The predicted molar refractivity (Wildman–Crippen MR) is 95.1 cm³/mol. The topological polar surface area (TPSA) is 61.2 Å².